The fourth-order valence-electron chi connectivity index (χ4n) is 5.87. The highest BCUT2D eigenvalue weighted by atomic mass is 32.1. The van der Waals surface area contributed by atoms with Gasteiger partial charge in [0.2, 0.25) is 29.5 Å². The van der Waals surface area contributed by atoms with Gasteiger partial charge in [-0.15, -0.1) is 11.3 Å². The maximum absolute atomic E-state index is 13.9. The smallest absolute Gasteiger partial charge is 0.326 e. The SMILES string of the molecule is CC1NC(=O)[C@H](Cc2ccc(-c3ccccc3)cc2)NC(=O)[C@@H](Cc2cccs2)NC(=O)CCC(=O)NC2=CCC(C=C2)C[C@@H](C(=O)O)NC1=O. The summed E-state index contributed by atoms with van der Waals surface area (Å²) in [6, 6.07) is 16.3. The molecule has 0 fully saturated rings. The zero-order valence-electron chi connectivity index (χ0n) is 28.1. The van der Waals surface area contributed by atoms with Crippen LogP contribution in [0.2, 0.25) is 0 Å². The summed E-state index contributed by atoms with van der Waals surface area (Å²) in [6.07, 6.45) is 5.58. The van der Waals surface area contributed by atoms with E-state index in [1.54, 1.807) is 18.2 Å². The molecule has 6 rings (SSSR count). The Morgan fingerprint density at radius 1 is 0.765 bits per heavy atom. The van der Waals surface area contributed by atoms with E-state index in [1.807, 2.05) is 72.1 Å². The lowest BCUT2D eigenvalue weighted by molar-refractivity contribution is -0.142. The fraction of sp³-hybridized carbons (Fsp3) is 0.316. The number of amides is 5. The van der Waals surface area contributed by atoms with E-state index >= 15 is 0 Å². The van der Waals surface area contributed by atoms with E-state index in [1.165, 1.54) is 18.3 Å². The molecule has 0 saturated carbocycles. The number of hydrogen-bond donors (Lipinski definition) is 6. The van der Waals surface area contributed by atoms with E-state index in [0.717, 1.165) is 21.6 Å². The molecule has 0 radical (unpaired) electrons. The number of carboxylic acids is 1. The topological polar surface area (TPSA) is 183 Å². The molecule has 13 heteroatoms. The second kappa shape index (κ2) is 17.4. The van der Waals surface area contributed by atoms with Crippen LogP contribution in [0, 0.1) is 5.92 Å². The summed E-state index contributed by atoms with van der Waals surface area (Å²) in [5, 5.41) is 25.2. The normalized spacial score (nSPS) is 23.8. The van der Waals surface area contributed by atoms with Crippen LogP contribution in [-0.4, -0.2) is 64.8 Å². The molecule has 0 spiro atoms. The number of nitrogens with one attached hydrogen (secondary N) is 5. The molecule has 5 amide bonds. The van der Waals surface area contributed by atoms with Gasteiger partial charge in [-0.25, -0.2) is 4.79 Å². The molecule has 5 atom stereocenters. The molecular formula is C38H41N5O7S. The number of thiophene rings is 1. The Hall–Kier alpha value is -5.56. The maximum Gasteiger partial charge on any atom is 0.326 e. The van der Waals surface area contributed by atoms with Gasteiger partial charge in [0.15, 0.2) is 0 Å². The van der Waals surface area contributed by atoms with Crippen molar-refractivity contribution in [3.63, 3.8) is 0 Å². The number of benzene rings is 2. The zero-order valence-corrected chi connectivity index (χ0v) is 28.9. The highest BCUT2D eigenvalue weighted by Gasteiger charge is 2.31. The van der Waals surface area contributed by atoms with Crippen LogP contribution >= 0.6 is 11.3 Å². The summed E-state index contributed by atoms with van der Waals surface area (Å²) >= 11 is 1.41. The van der Waals surface area contributed by atoms with Gasteiger partial charge in [0.25, 0.3) is 0 Å². The Morgan fingerprint density at radius 3 is 2.12 bits per heavy atom. The fourth-order valence-corrected chi connectivity index (χ4v) is 6.62. The molecule has 1 aromatic heterocycles. The predicted octanol–water partition coefficient (Wildman–Crippen LogP) is 3.00. The standard InChI is InChI=1S/C38H41N5O7S/c1-23-35(46)43-32(38(49)50)21-25-11-15-28(16-12-25)40-33(44)17-18-34(45)41-31(22-29-8-5-19-51-29)37(48)42-30(36(47)39-23)20-24-9-13-27(14-10-24)26-6-3-2-4-7-26/h2-11,13-16,19,23,25,30-32H,12,17-18,20-22H2,1H3,(H,39,47)(H,40,44)(H,41,45)(H,42,48)(H,43,46)(H,49,50)/t23?,25?,30-,31+,32-/m0/s1. The van der Waals surface area contributed by atoms with E-state index in [9.17, 15) is 33.9 Å². The highest BCUT2D eigenvalue weighted by Crippen LogP contribution is 2.22. The molecule has 2 aromatic carbocycles. The lowest BCUT2D eigenvalue weighted by atomic mass is 9.92. The predicted molar refractivity (Wildman–Crippen MR) is 192 cm³/mol. The number of allylic oxidation sites excluding steroid dienone is 3. The molecule has 2 aliphatic heterocycles. The third-order valence-electron chi connectivity index (χ3n) is 8.73. The van der Waals surface area contributed by atoms with Gasteiger partial charge in [0, 0.05) is 36.3 Å². The molecule has 266 valence electrons. The summed E-state index contributed by atoms with van der Waals surface area (Å²) in [7, 11) is 0. The Kier molecular flexibility index (Phi) is 12.5. The van der Waals surface area contributed by atoms with E-state index in [4.69, 9.17) is 0 Å². The molecular weight excluding hydrogens is 671 g/mol. The third kappa shape index (κ3) is 10.7. The van der Waals surface area contributed by atoms with Gasteiger partial charge in [0.05, 0.1) is 0 Å². The Bertz CT molecular complexity index is 1790. The van der Waals surface area contributed by atoms with E-state index in [-0.39, 0.29) is 38.0 Å². The molecule has 2 bridgehead atoms. The molecule has 51 heavy (non-hydrogen) atoms. The van der Waals surface area contributed by atoms with Crippen molar-refractivity contribution in [3.05, 3.63) is 106 Å². The molecule has 2 unspecified atom stereocenters. The molecule has 12 nitrogen and oxygen atoms in total. The minimum Gasteiger partial charge on any atom is -0.480 e. The second-order valence-electron chi connectivity index (χ2n) is 12.7. The summed E-state index contributed by atoms with van der Waals surface area (Å²) in [5.41, 5.74) is 3.22. The van der Waals surface area contributed by atoms with Crippen LogP contribution in [0.4, 0.5) is 0 Å². The molecule has 3 heterocycles. The zero-order chi connectivity index (χ0) is 36.3. The molecule has 6 N–H and O–H groups in total. The van der Waals surface area contributed by atoms with Gasteiger partial charge in [-0.3, -0.25) is 24.0 Å². The van der Waals surface area contributed by atoms with Gasteiger partial charge in [-0.1, -0.05) is 72.8 Å². The quantitative estimate of drug-likeness (QED) is 0.213. The average molecular weight is 712 g/mol. The Balaban J connectivity index is 1.41. The first-order valence-corrected chi connectivity index (χ1v) is 17.7. The lowest BCUT2D eigenvalue weighted by Gasteiger charge is -2.25. The summed E-state index contributed by atoms with van der Waals surface area (Å²) in [5.74, 6) is -4.36. The van der Waals surface area contributed by atoms with Crippen molar-refractivity contribution < 1.29 is 33.9 Å². The van der Waals surface area contributed by atoms with Crippen LogP contribution in [0.25, 0.3) is 11.1 Å². The number of fused-ring (bicyclic) bond motifs is 17. The van der Waals surface area contributed by atoms with Crippen molar-refractivity contribution in [2.75, 3.05) is 0 Å². The number of carboxylic acid groups (broad SMARTS) is 1. The number of carbonyl (C=O) groups excluding carboxylic acids is 5. The van der Waals surface area contributed by atoms with Crippen LogP contribution in [0.3, 0.4) is 0 Å². The van der Waals surface area contributed by atoms with Gasteiger partial charge in [-0.2, -0.15) is 0 Å². The summed E-state index contributed by atoms with van der Waals surface area (Å²) in [6.45, 7) is 1.44. The monoisotopic (exact) mass is 711 g/mol. The largest absolute Gasteiger partial charge is 0.480 e. The first-order chi connectivity index (χ1) is 24.5. The van der Waals surface area contributed by atoms with Crippen LogP contribution in [0.1, 0.15) is 43.0 Å². The number of rotatable bonds is 6. The van der Waals surface area contributed by atoms with Crippen LogP contribution in [0.15, 0.2) is 96.0 Å². The Labute approximate surface area is 299 Å². The van der Waals surface area contributed by atoms with Crippen molar-refractivity contribution in [1.29, 1.82) is 0 Å². The third-order valence-corrected chi connectivity index (χ3v) is 9.63. The van der Waals surface area contributed by atoms with E-state index in [0.29, 0.717) is 12.1 Å². The van der Waals surface area contributed by atoms with Gasteiger partial charge >= 0.3 is 5.97 Å². The van der Waals surface area contributed by atoms with Crippen LogP contribution in [-0.2, 0) is 41.6 Å². The molecule has 0 saturated heterocycles. The molecule has 3 aliphatic rings. The van der Waals surface area contributed by atoms with Crippen molar-refractivity contribution in [3.8, 4) is 11.1 Å². The van der Waals surface area contributed by atoms with Crippen LogP contribution in [0.5, 0.6) is 0 Å². The molecule has 3 aromatic rings. The first-order valence-electron chi connectivity index (χ1n) is 16.8. The van der Waals surface area contributed by atoms with Gasteiger partial charge in [-0.05, 0) is 59.9 Å². The summed E-state index contributed by atoms with van der Waals surface area (Å²) < 4.78 is 0. The summed E-state index contributed by atoms with van der Waals surface area (Å²) in [4.78, 5) is 79.5. The first kappa shape index (κ1) is 36.7. The minimum absolute atomic E-state index is 0.0575. The lowest BCUT2D eigenvalue weighted by Crippen LogP contribution is -2.58. The van der Waals surface area contributed by atoms with Crippen molar-refractivity contribution in [2.45, 2.75) is 69.6 Å². The van der Waals surface area contributed by atoms with E-state index in [2.05, 4.69) is 26.6 Å². The van der Waals surface area contributed by atoms with Crippen molar-refractivity contribution in [2.24, 2.45) is 5.92 Å². The number of hydrogen-bond acceptors (Lipinski definition) is 7. The number of carbonyl (C=O) groups is 6. The van der Waals surface area contributed by atoms with Crippen molar-refractivity contribution >= 4 is 46.8 Å². The van der Waals surface area contributed by atoms with Crippen molar-refractivity contribution in [1.82, 2.24) is 26.6 Å². The number of aliphatic carboxylic acids is 1. The maximum atomic E-state index is 13.9. The van der Waals surface area contributed by atoms with Gasteiger partial charge < -0.3 is 31.7 Å². The molecule has 1 aliphatic carbocycles. The van der Waals surface area contributed by atoms with E-state index < -0.39 is 59.7 Å². The Morgan fingerprint density at radius 2 is 1.45 bits per heavy atom. The average Bonchev–Trinajstić information content (AvgIpc) is 3.64. The minimum atomic E-state index is -1.24. The van der Waals surface area contributed by atoms with Gasteiger partial charge in [0.1, 0.15) is 24.2 Å². The second-order valence-corrected chi connectivity index (χ2v) is 13.7. The van der Waals surface area contributed by atoms with Crippen LogP contribution < -0.4 is 26.6 Å². The highest BCUT2D eigenvalue weighted by molar-refractivity contribution is 7.09.